The Labute approximate surface area is 74.8 Å². The van der Waals surface area contributed by atoms with Crippen LogP contribution in [0.5, 0.6) is 0 Å². The van der Waals surface area contributed by atoms with Crippen LogP contribution < -0.4 is 5.73 Å². The Balaban J connectivity index is 2.84. The normalized spacial score (nSPS) is 12.8. The third-order valence-corrected chi connectivity index (χ3v) is 2.63. The Morgan fingerprint density at radius 1 is 1.83 bits per heavy atom. The van der Waals surface area contributed by atoms with Gasteiger partial charge in [-0.1, -0.05) is 6.92 Å². The van der Waals surface area contributed by atoms with Crippen molar-refractivity contribution in [2.75, 3.05) is 0 Å². The molecule has 1 aromatic rings. The van der Waals surface area contributed by atoms with E-state index in [2.05, 4.69) is 0 Å². The molecule has 0 fully saturated rings. The number of carbonyl (C=O) groups is 1. The van der Waals surface area contributed by atoms with E-state index in [-0.39, 0.29) is 6.04 Å². The van der Waals surface area contributed by atoms with E-state index in [1.165, 1.54) is 11.3 Å². The van der Waals surface area contributed by atoms with Crippen LogP contribution in [-0.2, 0) is 0 Å². The second kappa shape index (κ2) is 3.69. The summed E-state index contributed by atoms with van der Waals surface area (Å²) in [6.07, 6.45) is 0.829. The number of carboxylic acid groups (broad SMARTS) is 1. The van der Waals surface area contributed by atoms with Gasteiger partial charge in [-0.15, -0.1) is 11.3 Å². The summed E-state index contributed by atoms with van der Waals surface area (Å²) in [4.78, 5) is 10.9. The zero-order chi connectivity index (χ0) is 9.14. The average molecular weight is 185 g/mol. The Morgan fingerprint density at radius 2 is 2.50 bits per heavy atom. The molecule has 66 valence electrons. The molecule has 1 atom stereocenters. The predicted molar refractivity (Wildman–Crippen MR) is 48.5 cm³/mol. The van der Waals surface area contributed by atoms with E-state index in [0.29, 0.717) is 4.88 Å². The van der Waals surface area contributed by atoms with Gasteiger partial charge < -0.3 is 10.8 Å². The molecular weight excluding hydrogens is 174 g/mol. The van der Waals surface area contributed by atoms with E-state index in [4.69, 9.17) is 10.8 Å². The number of thiophene rings is 1. The van der Waals surface area contributed by atoms with E-state index in [0.717, 1.165) is 12.0 Å². The fourth-order valence-electron chi connectivity index (χ4n) is 0.893. The van der Waals surface area contributed by atoms with Crippen molar-refractivity contribution in [3.05, 3.63) is 21.9 Å². The largest absolute Gasteiger partial charge is 0.477 e. The molecule has 0 unspecified atom stereocenters. The summed E-state index contributed by atoms with van der Waals surface area (Å²) < 4.78 is 0. The molecule has 0 saturated heterocycles. The maximum absolute atomic E-state index is 10.5. The summed E-state index contributed by atoms with van der Waals surface area (Å²) in [5.41, 5.74) is 6.64. The number of aromatic carboxylic acids is 1. The van der Waals surface area contributed by atoms with Crippen molar-refractivity contribution in [1.82, 2.24) is 0 Å². The molecule has 0 aliphatic carbocycles. The molecule has 1 heterocycles. The van der Waals surface area contributed by atoms with E-state index in [1.54, 1.807) is 11.4 Å². The number of rotatable bonds is 3. The van der Waals surface area contributed by atoms with Crippen LogP contribution in [0.4, 0.5) is 0 Å². The monoisotopic (exact) mass is 185 g/mol. The van der Waals surface area contributed by atoms with Crippen molar-refractivity contribution in [3.8, 4) is 0 Å². The topological polar surface area (TPSA) is 63.3 Å². The van der Waals surface area contributed by atoms with Crippen LogP contribution >= 0.6 is 11.3 Å². The average Bonchev–Trinajstić information content (AvgIpc) is 2.51. The minimum atomic E-state index is -0.880. The molecule has 1 rings (SSSR count). The highest BCUT2D eigenvalue weighted by atomic mass is 32.1. The number of hydrogen-bond acceptors (Lipinski definition) is 3. The first-order chi connectivity index (χ1) is 5.65. The lowest BCUT2D eigenvalue weighted by Crippen LogP contribution is -2.07. The van der Waals surface area contributed by atoms with Gasteiger partial charge in [0.2, 0.25) is 0 Å². The molecule has 3 N–H and O–H groups in total. The van der Waals surface area contributed by atoms with Gasteiger partial charge in [0.1, 0.15) is 4.88 Å². The number of hydrogen-bond donors (Lipinski definition) is 2. The molecule has 1 aromatic heterocycles. The maximum Gasteiger partial charge on any atom is 0.345 e. The highest BCUT2D eigenvalue weighted by Gasteiger charge is 2.10. The summed E-state index contributed by atoms with van der Waals surface area (Å²) in [7, 11) is 0. The Kier molecular flexibility index (Phi) is 2.83. The summed E-state index contributed by atoms with van der Waals surface area (Å²) in [6.45, 7) is 1.97. The Bertz CT molecular complexity index is 282. The maximum atomic E-state index is 10.5. The molecule has 0 radical (unpaired) electrons. The predicted octanol–water partition coefficient (Wildman–Crippen LogP) is 1.86. The Hall–Kier alpha value is -0.870. The lowest BCUT2D eigenvalue weighted by atomic mass is 10.1. The van der Waals surface area contributed by atoms with E-state index < -0.39 is 5.97 Å². The molecule has 4 heteroatoms. The first-order valence-electron chi connectivity index (χ1n) is 3.72. The van der Waals surface area contributed by atoms with Crippen LogP contribution in [0.15, 0.2) is 11.4 Å². The summed E-state index contributed by atoms with van der Waals surface area (Å²) >= 11 is 1.22. The standard InChI is InChI=1S/C8H11NO2S/c1-2-6(9)5-3-7(8(10)11)12-4-5/h3-4,6H,2,9H2,1H3,(H,10,11)/t6-/m0/s1. The highest BCUT2D eigenvalue weighted by Crippen LogP contribution is 2.21. The summed E-state index contributed by atoms with van der Waals surface area (Å²) in [5.74, 6) is -0.880. The molecule has 0 spiro atoms. The van der Waals surface area contributed by atoms with Gasteiger partial charge in [-0.05, 0) is 23.4 Å². The lowest BCUT2D eigenvalue weighted by Gasteiger charge is -2.03. The zero-order valence-corrected chi connectivity index (χ0v) is 7.60. The molecule has 0 amide bonds. The third kappa shape index (κ3) is 1.84. The quantitative estimate of drug-likeness (QED) is 0.755. The van der Waals surface area contributed by atoms with Crippen LogP contribution in [0.25, 0.3) is 0 Å². The van der Waals surface area contributed by atoms with Gasteiger partial charge in [0.25, 0.3) is 0 Å². The second-order valence-corrected chi connectivity index (χ2v) is 3.48. The minimum absolute atomic E-state index is 0.0330. The van der Waals surface area contributed by atoms with Gasteiger partial charge >= 0.3 is 5.97 Å². The number of nitrogens with two attached hydrogens (primary N) is 1. The van der Waals surface area contributed by atoms with Gasteiger partial charge in [-0.2, -0.15) is 0 Å². The van der Waals surface area contributed by atoms with Crippen LogP contribution in [0.3, 0.4) is 0 Å². The van der Waals surface area contributed by atoms with Gasteiger partial charge in [-0.25, -0.2) is 4.79 Å². The van der Waals surface area contributed by atoms with Crippen LogP contribution in [0.2, 0.25) is 0 Å². The molecule has 0 aromatic carbocycles. The molecular formula is C8H11NO2S. The van der Waals surface area contributed by atoms with Crippen LogP contribution in [0.1, 0.15) is 34.6 Å². The van der Waals surface area contributed by atoms with Crippen molar-refractivity contribution in [2.45, 2.75) is 19.4 Å². The van der Waals surface area contributed by atoms with E-state index >= 15 is 0 Å². The fourth-order valence-corrected chi connectivity index (χ4v) is 1.70. The fraction of sp³-hybridized carbons (Fsp3) is 0.375. The summed E-state index contributed by atoms with van der Waals surface area (Å²) in [6, 6.07) is 1.61. The highest BCUT2D eigenvalue weighted by molar-refractivity contribution is 7.12. The van der Waals surface area contributed by atoms with Gasteiger partial charge in [0.15, 0.2) is 0 Å². The van der Waals surface area contributed by atoms with Gasteiger partial charge in [-0.3, -0.25) is 0 Å². The lowest BCUT2D eigenvalue weighted by molar-refractivity contribution is 0.0702. The number of carboxylic acids is 1. The minimum Gasteiger partial charge on any atom is -0.477 e. The first-order valence-corrected chi connectivity index (χ1v) is 4.60. The van der Waals surface area contributed by atoms with Gasteiger partial charge in [0, 0.05) is 6.04 Å². The van der Waals surface area contributed by atoms with Crippen molar-refractivity contribution in [3.63, 3.8) is 0 Å². The van der Waals surface area contributed by atoms with E-state index in [9.17, 15) is 4.79 Å². The molecule has 0 aliphatic heterocycles. The smallest absolute Gasteiger partial charge is 0.345 e. The SMILES string of the molecule is CC[C@H](N)c1csc(C(=O)O)c1. The van der Waals surface area contributed by atoms with E-state index in [1.807, 2.05) is 6.92 Å². The molecule has 0 saturated carbocycles. The molecule has 0 aliphatic rings. The zero-order valence-electron chi connectivity index (χ0n) is 6.78. The van der Waals surface area contributed by atoms with Crippen molar-refractivity contribution < 1.29 is 9.90 Å². The van der Waals surface area contributed by atoms with Crippen LogP contribution in [-0.4, -0.2) is 11.1 Å². The van der Waals surface area contributed by atoms with Crippen molar-refractivity contribution >= 4 is 17.3 Å². The van der Waals surface area contributed by atoms with Crippen molar-refractivity contribution in [1.29, 1.82) is 0 Å². The van der Waals surface area contributed by atoms with Gasteiger partial charge in [0.05, 0.1) is 0 Å². The molecule has 3 nitrogen and oxygen atoms in total. The molecule has 0 bridgehead atoms. The second-order valence-electron chi connectivity index (χ2n) is 2.56. The van der Waals surface area contributed by atoms with Crippen molar-refractivity contribution in [2.24, 2.45) is 5.73 Å². The summed E-state index contributed by atoms with van der Waals surface area (Å²) in [5, 5.41) is 10.4. The molecule has 12 heavy (non-hydrogen) atoms. The third-order valence-electron chi connectivity index (χ3n) is 1.70. The first kappa shape index (κ1) is 9.22. The Morgan fingerprint density at radius 3 is 2.92 bits per heavy atom. The van der Waals surface area contributed by atoms with Crippen LogP contribution in [0, 0.1) is 0 Å².